The SMILES string of the molecule is Cc1ccccc1CNC(=O)C1CCCN(Cc2nc(-c3ccccc3C)no2)C1. The lowest BCUT2D eigenvalue weighted by Gasteiger charge is -2.30. The van der Waals surface area contributed by atoms with Gasteiger partial charge in [0.25, 0.3) is 0 Å². The molecule has 6 heteroatoms. The fraction of sp³-hybridized carbons (Fsp3) is 0.375. The van der Waals surface area contributed by atoms with Crippen molar-refractivity contribution < 1.29 is 9.32 Å². The Labute approximate surface area is 177 Å². The van der Waals surface area contributed by atoms with Crippen LogP contribution in [-0.2, 0) is 17.9 Å². The van der Waals surface area contributed by atoms with Crippen molar-refractivity contribution >= 4 is 5.91 Å². The van der Waals surface area contributed by atoms with Gasteiger partial charge in [-0.2, -0.15) is 4.98 Å². The van der Waals surface area contributed by atoms with Crippen LogP contribution in [0.15, 0.2) is 53.1 Å². The lowest BCUT2D eigenvalue weighted by atomic mass is 9.97. The maximum atomic E-state index is 12.7. The van der Waals surface area contributed by atoms with E-state index in [1.54, 1.807) is 0 Å². The van der Waals surface area contributed by atoms with Crippen molar-refractivity contribution in [2.45, 2.75) is 39.8 Å². The van der Waals surface area contributed by atoms with E-state index in [-0.39, 0.29) is 11.8 Å². The Balaban J connectivity index is 1.33. The smallest absolute Gasteiger partial charge is 0.241 e. The normalized spacial score (nSPS) is 17.1. The van der Waals surface area contributed by atoms with Crippen LogP contribution in [-0.4, -0.2) is 34.0 Å². The van der Waals surface area contributed by atoms with Crippen LogP contribution in [0.1, 0.15) is 35.4 Å². The molecule has 156 valence electrons. The summed E-state index contributed by atoms with van der Waals surface area (Å²) in [5, 5.41) is 7.25. The number of amides is 1. The second-order valence-electron chi connectivity index (χ2n) is 8.05. The van der Waals surface area contributed by atoms with Crippen molar-refractivity contribution in [1.82, 2.24) is 20.4 Å². The second-order valence-corrected chi connectivity index (χ2v) is 8.05. The number of nitrogens with zero attached hydrogens (tertiary/aromatic N) is 3. The van der Waals surface area contributed by atoms with Gasteiger partial charge in [0.05, 0.1) is 12.5 Å². The highest BCUT2D eigenvalue weighted by Crippen LogP contribution is 2.22. The average Bonchev–Trinajstić information content (AvgIpc) is 3.21. The molecule has 2 heterocycles. The predicted molar refractivity (Wildman–Crippen MR) is 115 cm³/mol. The monoisotopic (exact) mass is 404 g/mol. The first-order chi connectivity index (χ1) is 14.6. The Morgan fingerprint density at radius 2 is 1.90 bits per heavy atom. The quantitative estimate of drug-likeness (QED) is 0.675. The molecule has 1 aromatic heterocycles. The van der Waals surface area contributed by atoms with E-state index in [1.165, 1.54) is 5.56 Å². The first-order valence-electron chi connectivity index (χ1n) is 10.5. The summed E-state index contributed by atoms with van der Waals surface area (Å²) in [6.45, 7) is 6.90. The van der Waals surface area contributed by atoms with Gasteiger partial charge < -0.3 is 9.84 Å². The zero-order valence-corrected chi connectivity index (χ0v) is 17.6. The maximum Gasteiger partial charge on any atom is 0.241 e. The van der Waals surface area contributed by atoms with Gasteiger partial charge in [-0.25, -0.2) is 0 Å². The molecule has 1 fully saturated rings. The van der Waals surface area contributed by atoms with Crippen molar-refractivity contribution in [2.75, 3.05) is 13.1 Å². The van der Waals surface area contributed by atoms with Gasteiger partial charge in [-0.15, -0.1) is 0 Å². The Morgan fingerprint density at radius 3 is 2.70 bits per heavy atom. The summed E-state index contributed by atoms with van der Waals surface area (Å²) in [5.74, 6) is 1.32. The van der Waals surface area contributed by atoms with E-state index in [9.17, 15) is 4.79 Å². The molecule has 1 amide bonds. The van der Waals surface area contributed by atoms with E-state index in [4.69, 9.17) is 4.52 Å². The standard InChI is InChI=1S/C24H28N4O2/c1-17-8-3-5-10-19(17)14-25-24(29)20-11-7-13-28(15-20)16-22-26-23(27-30-22)21-12-6-4-9-18(21)2/h3-6,8-10,12,20H,7,11,13-16H2,1-2H3,(H,25,29). The van der Waals surface area contributed by atoms with Gasteiger partial charge in [0.2, 0.25) is 17.6 Å². The van der Waals surface area contributed by atoms with Gasteiger partial charge in [0.15, 0.2) is 0 Å². The third-order valence-corrected chi connectivity index (χ3v) is 5.80. The van der Waals surface area contributed by atoms with Crippen molar-refractivity contribution in [2.24, 2.45) is 5.92 Å². The molecule has 0 radical (unpaired) electrons. The van der Waals surface area contributed by atoms with Crippen LogP contribution in [0, 0.1) is 19.8 Å². The number of hydrogen-bond acceptors (Lipinski definition) is 5. The van der Waals surface area contributed by atoms with Crippen molar-refractivity contribution in [3.8, 4) is 11.4 Å². The van der Waals surface area contributed by atoms with Gasteiger partial charge in [0, 0.05) is 18.7 Å². The molecule has 0 spiro atoms. The molecule has 4 rings (SSSR count). The number of carbonyl (C=O) groups excluding carboxylic acids is 1. The van der Waals surface area contributed by atoms with E-state index in [2.05, 4.69) is 39.4 Å². The summed E-state index contributed by atoms with van der Waals surface area (Å²) >= 11 is 0. The van der Waals surface area contributed by atoms with Crippen LogP contribution >= 0.6 is 0 Å². The third kappa shape index (κ3) is 4.76. The molecule has 1 unspecified atom stereocenters. The number of hydrogen-bond donors (Lipinski definition) is 1. The molecule has 6 nitrogen and oxygen atoms in total. The van der Waals surface area contributed by atoms with Crippen molar-refractivity contribution in [3.05, 3.63) is 71.1 Å². The molecule has 1 saturated heterocycles. The molecule has 0 saturated carbocycles. The highest BCUT2D eigenvalue weighted by Gasteiger charge is 2.27. The lowest BCUT2D eigenvalue weighted by molar-refractivity contribution is -0.127. The maximum absolute atomic E-state index is 12.7. The van der Waals surface area contributed by atoms with Crippen LogP contribution in [0.3, 0.4) is 0 Å². The number of aromatic nitrogens is 2. The largest absolute Gasteiger partial charge is 0.352 e. The van der Waals surface area contributed by atoms with E-state index < -0.39 is 0 Å². The number of rotatable bonds is 6. The third-order valence-electron chi connectivity index (χ3n) is 5.80. The Bertz CT molecular complexity index is 1010. The average molecular weight is 405 g/mol. The van der Waals surface area contributed by atoms with E-state index in [1.807, 2.05) is 43.3 Å². The first-order valence-corrected chi connectivity index (χ1v) is 10.5. The molecule has 2 aromatic carbocycles. The molecular formula is C24H28N4O2. The van der Waals surface area contributed by atoms with Gasteiger partial charge in [0.1, 0.15) is 0 Å². The van der Waals surface area contributed by atoms with Crippen LogP contribution in [0.4, 0.5) is 0 Å². The lowest BCUT2D eigenvalue weighted by Crippen LogP contribution is -2.42. The molecule has 1 N–H and O–H groups in total. The minimum atomic E-state index is -0.0125. The summed E-state index contributed by atoms with van der Waals surface area (Å²) in [7, 11) is 0. The second kappa shape index (κ2) is 9.22. The Hall–Kier alpha value is -2.99. The number of carbonyl (C=O) groups is 1. The summed E-state index contributed by atoms with van der Waals surface area (Å²) in [4.78, 5) is 19.5. The molecule has 0 bridgehead atoms. The van der Waals surface area contributed by atoms with Gasteiger partial charge in [-0.05, 0) is 49.9 Å². The number of likely N-dealkylation sites (tertiary alicyclic amines) is 1. The molecule has 3 aromatic rings. The highest BCUT2D eigenvalue weighted by atomic mass is 16.5. The van der Waals surface area contributed by atoms with E-state index in [0.29, 0.717) is 31.3 Å². The minimum absolute atomic E-state index is 0.0125. The number of benzene rings is 2. The summed E-state index contributed by atoms with van der Waals surface area (Å²) in [6, 6.07) is 16.2. The van der Waals surface area contributed by atoms with Gasteiger partial charge in [-0.1, -0.05) is 53.7 Å². The molecule has 1 aliphatic rings. The zero-order valence-electron chi connectivity index (χ0n) is 17.6. The molecule has 1 aliphatic heterocycles. The summed E-state index contributed by atoms with van der Waals surface area (Å²) < 4.78 is 5.49. The summed E-state index contributed by atoms with van der Waals surface area (Å²) in [6.07, 6.45) is 1.90. The summed E-state index contributed by atoms with van der Waals surface area (Å²) in [5.41, 5.74) is 4.46. The molecular weight excluding hydrogens is 376 g/mol. The number of nitrogens with one attached hydrogen (secondary N) is 1. The first kappa shape index (κ1) is 20.3. The predicted octanol–water partition coefficient (Wildman–Crippen LogP) is 3.88. The Kier molecular flexibility index (Phi) is 6.23. The van der Waals surface area contributed by atoms with E-state index >= 15 is 0 Å². The Morgan fingerprint density at radius 1 is 1.13 bits per heavy atom. The molecule has 0 aliphatic carbocycles. The van der Waals surface area contributed by atoms with Crippen molar-refractivity contribution in [3.63, 3.8) is 0 Å². The van der Waals surface area contributed by atoms with Crippen LogP contribution in [0.25, 0.3) is 11.4 Å². The van der Waals surface area contributed by atoms with E-state index in [0.717, 1.165) is 36.1 Å². The fourth-order valence-corrected chi connectivity index (χ4v) is 3.99. The minimum Gasteiger partial charge on any atom is -0.352 e. The van der Waals surface area contributed by atoms with Gasteiger partial charge in [-0.3, -0.25) is 9.69 Å². The highest BCUT2D eigenvalue weighted by molar-refractivity contribution is 5.79. The van der Waals surface area contributed by atoms with Crippen molar-refractivity contribution in [1.29, 1.82) is 0 Å². The fourth-order valence-electron chi connectivity index (χ4n) is 3.99. The zero-order chi connectivity index (χ0) is 20.9. The topological polar surface area (TPSA) is 71.3 Å². The van der Waals surface area contributed by atoms with Crippen LogP contribution in [0.2, 0.25) is 0 Å². The number of aryl methyl sites for hydroxylation is 2. The van der Waals surface area contributed by atoms with Crippen LogP contribution < -0.4 is 5.32 Å². The molecule has 1 atom stereocenters. The molecule has 30 heavy (non-hydrogen) atoms. The number of piperidine rings is 1. The van der Waals surface area contributed by atoms with Crippen LogP contribution in [0.5, 0.6) is 0 Å². The van der Waals surface area contributed by atoms with Gasteiger partial charge >= 0.3 is 0 Å².